The van der Waals surface area contributed by atoms with Crippen LogP contribution in [0, 0.1) is 13.8 Å². The second-order valence-electron chi connectivity index (χ2n) is 7.21. The summed E-state index contributed by atoms with van der Waals surface area (Å²) in [6.45, 7) is 6.06. The second kappa shape index (κ2) is 7.84. The zero-order valence-electron chi connectivity index (χ0n) is 16.4. The van der Waals surface area contributed by atoms with Gasteiger partial charge >= 0.3 is 0 Å². The summed E-state index contributed by atoms with van der Waals surface area (Å²) in [5.74, 6) is 1.21. The second-order valence-corrected chi connectivity index (χ2v) is 7.21. The van der Waals surface area contributed by atoms with Gasteiger partial charge in [-0.2, -0.15) is 0 Å². The molecule has 6 nitrogen and oxygen atoms in total. The van der Waals surface area contributed by atoms with E-state index in [1.807, 2.05) is 61.0 Å². The van der Waals surface area contributed by atoms with E-state index in [1.54, 1.807) is 6.20 Å². The van der Waals surface area contributed by atoms with Crippen molar-refractivity contribution in [1.29, 1.82) is 0 Å². The largest absolute Gasteiger partial charge is 0.370 e. The lowest BCUT2D eigenvalue weighted by Crippen LogP contribution is -2.29. The highest BCUT2D eigenvalue weighted by Gasteiger charge is 2.18. The van der Waals surface area contributed by atoms with Crippen LogP contribution < -0.4 is 10.2 Å². The van der Waals surface area contributed by atoms with Crippen LogP contribution in [0.25, 0.3) is 5.82 Å². The highest BCUT2D eigenvalue weighted by Crippen LogP contribution is 2.22. The molecule has 3 aromatic heterocycles. The first kappa shape index (κ1) is 18.2. The van der Waals surface area contributed by atoms with Crippen molar-refractivity contribution in [3.05, 3.63) is 65.7 Å². The maximum absolute atomic E-state index is 12.8. The van der Waals surface area contributed by atoms with Crippen LogP contribution >= 0.6 is 0 Å². The predicted molar refractivity (Wildman–Crippen MR) is 111 cm³/mol. The number of carbonyl (C=O) groups excluding carboxylic acids is 1. The minimum absolute atomic E-state index is 0.159. The fraction of sp³-hybridized carbons (Fsp3) is 0.318. The number of aromatic nitrogens is 3. The van der Waals surface area contributed by atoms with Gasteiger partial charge < -0.3 is 14.8 Å². The Labute approximate surface area is 165 Å². The maximum atomic E-state index is 12.8. The summed E-state index contributed by atoms with van der Waals surface area (Å²) in [4.78, 5) is 24.0. The van der Waals surface area contributed by atoms with Crippen LogP contribution in [0.1, 0.15) is 41.0 Å². The Morgan fingerprint density at radius 3 is 2.54 bits per heavy atom. The molecule has 1 amide bonds. The minimum Gasteiger partial charge on any atom is -0.370 e. The lowest BCUT2D eigenvalue weighted by atomic mass is 10.1. The SMILES string of the molecule is Cc1cc(C(=O)Nc2ccc(N3CCCCC3)cn2)c(C)n1-c1ccccn1. The van der Waals surface area contributed by atoms with Crippen LogP contribution in [-0.2, 0) is 0 Å². The Hall–Kier alpha value is -3.15. The first-order valence-electron chi connectivity index (χ1n) is 9.76. The predicted octanol–water partition coefficient (Wildman–Crippen LogP) is 4.13. The highest BCUT2D eigenvalue weighted by atomic mass is 16.1. The summed E-state index contributed by atoms with van der Waals surface area (Å²) in [6.07, 6.45) is 7.35. The third kappa shape index (κ3) is 3.63. The van der Waals surface area contributed by atoms with Gasteiger partial charge in [-0.25, -0.2) is 9.97 Å². The quantitative estimate of drug-likeness (QED) is 0.745. The maximum Gasteiger partial charge on any atom is 0.258 e. The summed E-state index contributed by atoms with van der Waals surface area (Å²) in [5, 5.41) is 2.92. The number of aryl methyl sites for hydroxylation is 1. The van der Waals surface area contributed by atoms with E-state index in [0.717, 1.165) is 36.0 Å². The smallest absolute Gasteiger partial charge is 0.258 e. The van der Waals surface area contributed by atoms with Crippen LogP contribution in [0.15, 0.2) is 48.8 Å². The molecule has 3 aromatic rings. The lowest BCUT2D eigenvalue weighted by molar-refractivity contribution is 0.102. The molecular formula is C22H25N5O. The first-order chi connectivity index (χ1) is 13.6. The van der Waals surface area contributed by atoms with E-state index in [0.29, 0.717) is 11.4 Å². The van der Waals surface area contributed by atoms with Crippen LogP contribution in [0.3, 0.4) is 0 Å². The molecule has 0 aromatic carbocycles. The van der Waals surface area contributed by atoms with Gasteiger partial charge in [0.1, 0.15) is 11.6 Å². The van der Waals surface area contributed by atoms with Crippen molar-refractivity contribution in [3.8, 4) is 5.82 Å². The Kier molecular flexibility index (Phi) is 5.10. The fourth-order valence-corrected chi connectivity index (χ4v) is 3.81. The van der Waals surface area contributed by atoms with E-state index in [1.165, 1.54) is 19.3 Å². The molecule has 0 unspecified atom stereocenters. The van der Waals surface area contributed by atoms with Crippen molar-refractivity contribution in [3.63, 3.8) is 0 Å². The van der Waals surface area contributed by atoms with Crippen molar-refractivity contribution in [1.82, 2.24) is 14.5 Å². The molecule has 4 heterocycles. The van der Waals surface area contributed by atoms with Crippen molar-refractivity contribution in [2.45, 2.75) is 33.1 Å². The molecule has 0 radical (unpaired) electrons. The van der Waals surface area contributed by atoms with Gasteiger partial charge in [0.25, 0.3) is 5.91 Å². The lowest BCUT2D eigenvalue weighted by Gasteiger charge is -2.28. The van der Waals surface area contributed by atoms with E-state index < -0.39 is 0 Å². The van der Waals surface area contributed by atoms with E-state index in [4.69, 9.17) is 0 Å². The number of nitrogens with zero attached hydrogens (tertiary/aromatic N) is 4. The van der Waals surface area contributed by atoms with Gasteiger partial charge in [0.15, 0.2) is 0 Å². The molecule has 6 heteroatoms. The van der Waals surface area contributed by atoms with Gasteiger partial charge in [-0.15, -0.1) is 0 Å². The number of carbonyl (C=O) groups is 1. The molecule has 1 saturated heterocycles. The molecule has 0 atom stereocenters. The molecule has 4 rings (SSSR count). The van der Waals surface area contributed by atoms with Gasteiger partial charge in [-0.05, 0) is 63.4 Å². The third-order valence-corrected chi connectivity index (χ3v) is 5.26. The molecule has 0 aliphatic carbocycles. The third-order valence-electron chi connectivity index (χ3n) is 5.26. The Bertz CT molecular complexity index is 957. The van der Waals surface area contributed by atoms with Crippen molar-refractivity contribution in [2.75, 3.05) is 23.3 Å². The van der Waals surface area contributed by atoms with E-state index in [9.17, 15) is 4.79 Å². The molecular weight excluding hydrogens is 350 g/mol. The number of nitrogens with one attached hydrogen (secondary N) is 1. The number of pyridine rings is 2. The van der Waals surface area contributed by atoms with E-state index in [2.05, 4.69) is 20.2 Å². The number of hydrogen-bond donors (Lipinski definition) is 1. The number of amides is 1. The Balaban J connectivity index is 1.51. The molecule has 0 saturated carbocycles. The number of rotatable bonds is 4. The number of piperidine rings is 1. The molecule has 1 fully saturated rings. The van der Waals surface area contributed by atoms with Crippen molar-refractivity contribution < 1.29 is 4.79 Å². The zero-order chi connectivity index (χ0) is 19.5. The van der Waals surface area contributed by atoms with E-state index in [-0.39, 0.29) is 5.91 Å². The Morgan fingerprint density at radius 1 is 1.04 bits per heavy atom. The van der Waals surface area contributed by atoms with Gasteiger partial charge in [-0.3, -0.25) is 4.79 Å². The van der Waals surface area contributed by atoms with Gasteiger partial charge in [0.2, 0.25) is 0 Å². The molecule has 1 aliphatic heterocycles. The molecule has 0 bridgehead atoms. The van der Waals surface area contributed by atoms with Gasteiger partial charge in [0.05, 0.1) is 17.4 Å². The summed E-state index contributed by atoms with van der Waals surface area (Å²) in [5.41, 5.74) is 3.57. The van der Waals surface area contributed by atoms with Gasteiger partial charge in [-0.1, -0.05) is 6.07 Å². The first-order valence-corrected chi connectivity index (χ1v) is 9.76. The summed E-state index contributed by atoms with van der Waals surface area (Å²) < 4.78 is 1.99. The van der Waals surface area contributed by atoms with Crippen LogP contribution in [0.2, 0.25) is 0 Å². The van der Waals surface area contributed by atoms with Crippen molar-refractivity contribution in [2.24, 2.45) is 0 Å². The molecule has 1 N–H and O–H groups in total. The standard InChI is InChI=1S/C22H25N5O/c1-16-14-19(17(2)27(16)21-8-4-5-11-23-21)22(28)25-20-10-9-18(15-24-20)26-12-6-3-7-13-26/h4-5,8-11,14-15H,3,6-7,12-13H2,1-2H3,(H,24,25,28). The van der Waals surface area contributed by atoms with Crippen LogP contribution in [0.4, 0.5) is 11.5 Å². The molecule has 144 valence electrons. The molecule has 0 spiro atoms. The minimum atomic E-state index is -0.159. The fourth-order valence-electron chi connectivity index (χ4n) is 3.81. The summed E-state index contributed by atoms with van der Waals surface area (Å²) in [6, 6.07) is 11.5. The van der Waals surface area contributed by atoms with E-state index >= 15 is 0 Å². The Morgan fingerprint density at radius 2 is 1.86 bits per heavy atom. The average Bonchev–Trinajstić information content (AvgIpc) is 3.04. The van der Waals surface area contributed by atoms with Gasteiger partial charge in [0, 0.05) is 30.7 Å². The normalized spacial score (nSPS) is 14.1. The molecule has 1 aliphatic rings. The summed E-state index contributed by atoms with van der Waals surface area (Å²) >= 11 is 0. The molecule has 28 heavy (non-hydrogen) atoms. The highest BCUT2D eigenvalue weighted by molar-refractivity contribution is 6.05. The average molecular weight is 375 g/mol. The van der Waals surface area contributed by atoms with Crippen molar-refractivity contribution >= 4 is 17.4 Å². The number of hydrogen-bond acceptors (Lipinski definition) is 4. The van der Waals surface area contributed by atoms with Crippen LogP contribution in [0.5, 0.6) is 0 Å². The topological polar surface area (TPSA) is 63.1 Å². The summed E-state index contributed by atoms with van der Waals surface area (Å²) in [7, 11) is 0. The number of anilines is 2. The monoisotopic (exact) mass is 375 g/mol. The zero-order valence-corrected chi connectivity index (χ0v) is 16.4. The van der Waals surface area contributed by atoms with Crippen LogP contribution in [-0.4, -0.2) is 33.5 Å².